The van der Waals surface area contributed by atoms with Gasteiger partial charge in [0.05, 0.1) is 6.20 Å². The van der Waals surface area contributed by atoms with Gasteiger partial charge in [0.15, 0.2) is 5.56 Å². The van der Waals surface area contributed by atoms with Crippen molar-refractivity contribution in [1.82, 2.24) is 24.4 Å². The van der Waals surface area contributed by atoms with Crippen molar-refractivity contribution in [3.05, 3.63) is 33.8 Å². The molecule has 1 saturated carbocycles. The Morgan fingerprint density at radius 2 is 2.06 bits per heavy atom. The van der Waals surface area contributed by atoms with Crippen LogP contribution in [0, 0.1) is 5.92 Å². The van der Waals surface area contributed by atoms with Crippen molar-refractivity contribution in [2.24, 2.45) is 5.92 Å². The normalized spacial score (nSPS) is 19.1. The summed E-state index contributed by atoms with van der Waals surface area (Å²) in [5.74, 6) is -0.920. The first kappa shape index (κ1) is 21.1. The average Bonchev–Trinajstić information content (AvgIpc) is 3.24. The molecule has 0 radical (unpaired) electrons. The van der Waals surface area contributed by atoms with Crippen molar-refractivity contribution in [3.63, 3.8) is 0 Å². The van der Waals surface area contributed by atoms with Crippen molar-refractivity contribution in [2.75, 3.05) is 6.54 Å². The molecule has 2 fully saturated rings. The standard InChI is InChI=1S/C22H29N5O4/c1-13(2)12-26-20-15(6-9-17(28)25-10-4-5-14(25)3)11-23-27(20)22(31)18(21(26)30)19(29)24-16-7-8-16/h6,9,11,13-14,16,30H,4-5,7-8,10,12H2,1-3H3,(H,24,29)/b9-6+/t14-/m0/s1. The number of carbonyl (C=O) groups excluding carboxylic acids is 2. The smallest absolute Gasteiger partial charge is 0.291 e. The second-order valence-electron chi connectivity index (χ2n) is 8.95. The highest BCUT2D eigenvalue weighted by Gasteiger charge is 2.30. The van der Waals surface area contributed by atoms with Crippen LogP contribution in [-0.2, 0) is 11.3 Å². The van der Waals surface area contributed by atoms with E-state index in [2.05, 4.69) is 10.4 Å². The van der Waals surface area contributed by atoms with Crippen LogP contribution in [0.15, 0.2) is 17.1 Å². The zero-order chi connectivity index (χ0) is 22.3. The summed E-state index contributed by atoms with van der Waals surface area (Å²) < 4.78 is 2.66. The van der Waals surface area contributed by atoms with Crippen LogP contribution < -0.4 is 10.9 Å². The highest BCUT2D eigenvalue weighted by molar-refractivity contribution is 5.97. The quantitative estimate of drug-likeness (QED) is 0.683. The molecule has 2 aliphatic rings. The van der Waals surface area contributed by atoms with E-state index in [0.717, 1.165) is 36.7 Å². The molecule has 2 N–H and O–H groups in total. The Kier molecular flexibility index (Phi) is 5.60. The summed E-state index contributed by atoms with van der Waals surface area (Å²) in [6, 6.07) is 0.257. The largest absolute Gasteiger partial charge is 0.494 e. The molecular formula is C22H29N5O4. The van der Waals surface area contributed by atoms with E-state index in [1.165, 1.54) is 16.8 Å². The minimum atomic E-state index is -0.676. The van der Waals surface area contributed by atoms with Crippen LogP contribution >= 0.6 is 0 Å². The van der Waals surface area contributed by atoms with E-state index in [9.17, 15) is 19.5 Å². The van der Waals surface area contributed by atoms with E-state index in [1.54, 1.807) is 6.08 Å². The van der Waals surface area contributed by atoms with Crippen molar-refractivity contribution < 1.29 is 14.7 Å². The minimum Gasteiger partial charge on any atom is -0.494 e. The molecule has 0 unspecified atom stereocenters. The van der Waals surface area contributed by atoms with Crippen LogP contribution in [0.4, 0.5) is 0 Å². The Labute approximate surface area is 180 Å². The lowest BCUT2D eigenvalue weighted by molar-refractivity contribution is -0.126. The summed E-state index contributed by atoms with van der Waals surface area (Å²) >= 11 is 0. The second-order valence-corrected chi connectivity index (χ2v) is 8.95. The molecule has 166 valence electrons. The molecule has 2 aromatic rings. The lowest BCUT2D eigenvalue weighted by Gasteiger charge is -2.19. The van der Waals surface area contributed by atoms with Gasteiger partial charge in [-0.2, -0.15) is 9.61 Å². The van der Waals surface area contributed by atoms with Crippen LogP contribution in [0.2, 0.25) is 0 Å². The fourth-order valence-electron chi connectivity index (χ4n) is 4.07. The number of hydrogen-bond donors (Lipinski definition) is 2. The molecule has 0 bridgehead atoms. The number of aromatic hydroxyl groups is 1. The first-order chi connectivity index (χ1) is 14.8. The van der Waals surface area contributed by atoms with Gasteiger partial charge in [-0.15, -0.1) is 0 Å². The third kappa shape index (κ3) is 4.08. The molecule has 3 heterocycles. The minimum absolute atomic E-state index is 0.0515. The number of nitrogens with one attached hydrogen (secondary N) is 1. The Hall–Kier alpha value is -3.10. The molecule has 31 heavy (non-hydrogen) atoms. The number of aromatic nitrogens is 3. The summed E-state index contributed by atoms with van der Waals surface area (Å²) in [5, 5.41) is 17.8. The van der Waals surface area contributed by atoms with Crippen LogP contribution in [0.25, 0.3) is 11.7 Å². The fourth-order valence-corrected chi connectivity index (χ4v) is 4.07. The fraction of sp³-hybridized carbons (Fsp3) is 0.545. The molecule has 1 aliphatic heterocycles. The van der Waals surface area contributed by atoms with Crippen LogP contribution in [0.5, 0.6) is 5.88 Å². The Bertz CT molecular complexity index is 1110. The second kappa shape index (κ2) is 8.20. The van der Waals surface area contributed by atoms with Crippen molar-refractivity contribution >= 4 is 23.5 Å². The first-order valence-electron chi connectivity index (χ1n) is 10.9. The van der Waals surface area contributed by atoms with Crippen molar-refractivity contribution in [3.8, 4) is 5.88 Å². The van der Waals surface area contributed by atoms with E-state index in [-0.39, 0.29) is 35.4 Å². The molecule has 1 saturated heterocycles. The molecular weight excluding hydrogens is 398 g/mol. The lowest BCUT2D eigenvalue weighted by atomic mass is 10.2. The maximum atomic E-state index is 13.0. The van der Waals surface area contributed by atoms with Crippen LogP contribution in [0.1, 0.15) is 62.4 Å². The predicted molar refractivity (Wildman–Crippen MR) is 116 cm³/mol. The summed E-state index contributed by atoms with van der Waals surface area (Å²) in [7, 11) is 0. The monoisotopic (exact) mass is 427 g/mol. The van der Waals surface area contributed by atoms with E-state index >= 15 is 0 Å². The lowest BCUT2D eigenvalue weighted by Crippen LogP contribution is -2.34. The van der Waals surface area contributed by atoms with Gasteiger partial charge in [-0.25, -0.2) is 0 Å². The van der Waals surface area contributed by atoms with Crippen LogP contribution in [0.3, 0.4) is 0 Å². The molecule has 0 spiro atoms. The van der Waals surface area contributed by atoms with E-state index in [1.807, 2.05) is 25.7 Å². The maximum Gasteiger partial charge on any atom is 0.291 e. The van der Waals surface area contributed by atoms with Gasteiger partial charge < -0.3 is 15.3 Å². The molecule has 2 amide bonds. The first-order valence-corrected chi connectivity index (χ1v) is 10.9. The number of rotatable bonds is 6. The highest BCUT2D eigenvalue weighted by Crippen LogP contribution is 2.25. The van der Waals surface area contributed by atoms with Gasteiger partial charge in [0.2, 0.25) is 11.8 Å². The molecule has 9 nitrogen and oxygen atoms in total. The van der Waals surface area contributed by atoms with Gasteiger partial charge in [-0.3, -0.25) is 19.0 Å². The highest BCUT2D eigenvalue weighted by atomic mass is 16.3. The van der Waals surface area contributed by atoms with Gasteiger partial charge in [0, 0.05) is 36.8 Å². The van der Waals surface area contributed by atoms with Gasteiger partial charge in [-0.05, 0) is 44.6 Å². The number of nitrogens with zero attached hydrogens (tertiary/aromatic N) is 4. The van der Waals surface area contributed by atoms with Crippen molar-refractivity contribution in [1.29, 1.82) is 0 Å². The van der Waals surface area contributed by atoms with Crippen molar-refractivity contribution in [2.45, 2.75) is 65.1 Å². The molecule has 1 aliphatic carbocycles. The molecule has 4 rings (SSSR count). The molecule has 0 aromatic carbocycles. The number of amides is 2. The van der Waals surface area contributed by atoms with E-state index in [0.29, 0.717) is 17.8 Å². The number of carbonyl (C=O) groups is 2. The number of likely N-dealkylation sites (tertiary alicyclic amines) is 1. The molecule has 9 heteroatoms. The number of hydrogen-bond acceptors (Lipinski definition) is 5. The van der Waals surface area contributed by atoms with E-state index < -0.39 is 11.5 Å². The average molecular weight is 428 g/mol. The molecule has 2 aromatic heterocycles. The summed E-state index contributed by atoms with van der Waals surface area (Å²) in [5.41, 5.74) is -0.0921. The predicted octanol–water partition coefficient (Wildman–Crippen LogP) is 1.77. The summed E-state index contributed by atoms with van der Waals surface area (Å²) in [4.78, 5) is 40.0. The van der Waals surface area contributed by atoms with Gasteiger partial charge in [-0.1, -0.05) is 13.8 Å². The zero-order valence-electron chi connectivity index (χ0n) is 18.2. The Balaban J connectivity index is 1.77. The van der Waals surface area contributed by atoms with Gasteiger partial charge >= 0.3 is 0 Å². The number of fused-ring (bicyclic) bond motifs is 1. The van der Waals surface area contributed by atoms with Gasteiger partial charge in [0.1, 0.15) is 5.65 Å². The zero-order valence-corrected chi connectivity index (χ0v) is 18.2. The Morgan fingerprint density at radius 1 is 1.32 bits per heavy atom. The Morgan fingerprint density at radius 3 is 2.68 bits per heavy atom. The molecule has 1 atom stereocenters. The topological polar surface area (TPSA) is 109 Å². The third-order valence-electron chi connectivity index (χ3n) is 5.84. The maximum absolute atomic E-state index is 13.0. The van der Waals surface area contributed by atoms with E-state index in [4.69, 9.17) is 0 Å². The van der Waals surface area contributed by atoms with Gasteiger partial charge in [0.25, 0.3) is 11.5 Å². The summed E-state index contributed by atoms with van der Waals surface area (Å²) in [6.45, 7) is 7.09. The van der Waals surface area contributed by atoms with Crippen LogP contribution in [-0.4, -0.2) is 54.6 Å². The summed E-state index contributed by atoms with van der Waals surface area (Å²) in [6.07, 6.45) is 8.30. The third-order valence-corrected chi connectivity index (χ3v) is 5.84. The SMILES string of the molecule is CC(C)Cn1c(O)c(C(=O)NC2CC2)c(=O)n2ncc(/C=C/C(=O)N3CCC[C@@H]3C)c12.